The minimum atomic E-state index is -4.43. The standard InChI is InChI=1S/C27H29F3N4O3S/c28-27(29,30)21-3-10-25(32-18-21)33-22-4-8-24(9-5-22)38(35,36)23-6-1-19(2-7-23)20-11-12-31-26(17-20)34-13-15-37-16-14-34/h1-3,6-7,10-12,17-18,22,24H,4-5,8-9,13-16H2,(H,32,33). The molecule has 0 bridgehead atoms. The van der Waals surface area contributed by atoms with Crippen LogP contribution < -0.4 is 10.2 Å². The van der Waals surface area contributed by atoms with E-state index in [9.17, 15) is 21.6 Å². The van der Waals surface area contributed by atoms with E-state index in [-0.39, 0.29) is 6.04 Å². The third-order valence-corrected chi connectivity index (χ3v) is 9.43. The molecule has 2 aromatic heterocycles. The summed E-state index contributed by atoms with van der Waals surface area (Å²) in [4.78, 5) is 10.8. The lowest BCUT2D eigenvalue weighted by Crippen LogP contribution is -2.36. The van der Waals surface area contributed by atoms with Crippen molar-refractivity contribution in [3.8, 4) is 11.1 Å². The number of aromatic nitrogens is 2. The van der Waals surface area contributed by atoms with Gasteiger partial charge in [-0.05, 0) is 73.2 Å². The first-order valence-corrected chi connectivity index (χ1v) is 14.2. The fourth-order valence-corrected chi connectivity index (χ4v) is 6.76. The highest BCUT2D eigenvalue weighted by Gasteiger charge is 2.33. The molecule has 0 spiro atoms. The average molecular weight is 547 g/mol. The van der Waals surface area contributed by atoms with Gasteiger partial charge in [0.1, 0.15) is 11.6 Å². The van der Waals surface area contributed by atoms with Gasteiger partial charge in [-0.3, -0.25) is 0 Å². The lowest BCUT2D eigenvalue weighted by molar-refractivity contribution is -0.137. The Hall–Kier alpha value is -3.18. The first-order chi connectivity index (χ1) is 18.2. The Bertz CT molecular complexity index is 1340. The molecule has 0 radical (unpaired) electrons. The topological polar surface area (TPSA) is 84.4 Å². The molecule has 1 saturated carbocycles. The van der Waals surface area contributed by atoms with Gasteiger partial charge in [0.05, 0.1) is 28.9 Å². The monoisotopic (exact) mass is 546 g/mol. The van der Waals surface area contributed by atoms with Crippen molar-refractivity contribution in [1.29, 1.82) is 0 Å². The number of hydrogen-bond acceptors (Lipinski definition) is 7. The maximum absolute atomic E-state index is 13.3. The number of anilines is 2. The van der Waals surface area contributed by atoms with Crippen molar-refractivity contribution in [2.45, 2.75) is 48.0 Å². The van der Waals surface area contributed by atoms with Gasteiger partial charge in [-0.25, -0.2) is 18.4 Å². The summed E-state index contributed by atoms with van der Waals surface area (Å²) in [6, 6.07) is 13.2. The van der Waals surface area contributed by atoms with Crippen LogP contribution in [0.4, 0.5) is 24.8 Å². The van der Waals surface area contributed by atoms with E-state index in [1.165, 1.54) is 6.07 Å². The van der Waals surface area contributed by atoms with Crippen molar-refractivity contribution in [3.05, 3.63) is 66.5 Å². The van der Waals surface area contributed by atoms with Crippen LogP contribution in [-0.2, 0) is 20.8 Å². The minimum absolute atomic E-state index is 0.0413. The quantitative estimate of drug-likeness (QED) is 0.455. The van der Waals surface area contributed by atoms with Crippen LogP contribution in [0, 0.1) is 0 Å². The third-order valence-electron chi connectivity index (χ3n) is 7.15. The smallest absolute Gasteiger partial charge is 0.378 e. The fourth-order valence-electron chi connectivity index (χ4n) is 4.97. The SMILES string of the molecule is O=S(=O)(c1ccc(-c2ccnc(N3CCOCC3)c2)cc1)C1CCC(Nc2ccc(C(F)(F)F)cn2)CC1. The first-order valence-electron chi connectivity index (χ1n) is 12.6. The number of halogens is 3. The van der Waals surface area contributed by atoms with E-state index < -0.39 is 26.8 Å². The largest absolute Gasteiger partial charge is 0.417 e. The molecule has 2 aliphatic rings. The highest BCUT2D eigenvalue weighted by molar-refractivity contribution is 7.92. The van der Waals surface area contributed by atoms with Gasteiger partial charge in [0.15, 0.2) is 9.84 Å². The third kappa shape index (κ3) is 5.94. The molecule has 202 valence electrons. The van der Waals surface area contributed by atoms with Crippen molar-refractivity contribution >= 4 is 21.5 Å². The second kappa shape index (κ2) is 10.9. The van der Waals surface area contributed by atoms with E-state index >= 15 is 0 Å². The number of nitrogens with zero attached hydrogens (tertiary/aromatic N) is 3. The summed E-state index contributed by atoms with van der Waals surface area (Å²) < 4.78 is 70.3. The van der Waals surface area contributed by atoms with Crippen molar-refractivity contribution < 1.29 is 26.3 Å². The second-order valence-corrected chi connectivity index (χ2v) is 11.8. The lowest BCUT2D eigenvalue weighted by Gasteiger charge is -2.29. The highest BCUT2D eigenvalue weighted by atomic mass is 32.2. The Morgan fingerprint density at radius 2 is 1.61 bits per heavy atom. The van der Waals surface area contributed by atoms with Crippen LogP contribution >= 0.6 is 0 Å². The van der Waals surface area contributed by atoms with Crippen LogP contribution in [-0.4, -0.2) is 56.0 Å². The Morgan fingerprint density at radius 1 is 0.895 bits per heavy atom. The summed E-state index contributed by atoms with van der Waals surface area (Å²) in [6.45, 7) is 2.91. The summed E-state index contributed by atoms with van der Waals surface area (Å²) in [5.41, 5.74) is 1.08. The predicted molar refractivity (Wildman–Crippen MR) is 139 cm³/mol. The van der Waals surface area contributed by atoms with E-state index in [4.69, 9.17) is 4.74 Å². The first kappa shape index (κ1) is 26.4. The van der Waals surface area contributed by atoms with Crippen LogP contribution in [0.15, 0.2) is 65.8 Å². The van der Waals surface area contributed by atoms with E-state index in [1.54, 1.807) is 18.3 Å². The van der Waals surface area contributed by atoms with E-state index in [2.05, 4.69) is 20.2 Å². The Kier molecular flexibility index (Phi) is 7.58. The summed E-state index contributed by atoms with van der Waals surface area (Å²) in [5, 5.41) is 2.64. The number of morpholine rings is 1. The molecule has 0 atom stereocenters. The molecule has 0 unspecified atom stereocenters. The molecule has 1 aliphatic heterocycles. The van der Waals surface area contributed by atoms with Crippen molar-refractivity contribution in [2.75, 3.05) is 36.5 Å². The number of rotatable bonds is 6. The minimum Gasteiger partial charge on any atom is -0.378 e. The molecule has 38 heavy (non-hydrogen) atoms. The molecule has 1 aromatic carbocycles. The van der Waals surface area contributed by atoms with Crippen molar-refractivity contribution in [1.82, 2.24) is 9.97 Å². The maximum atomic E-state index is 13.3. The number of nitrogens with one attached hydrogen (secondary N) is 1. The molecular weight excluding hydrogens is 517 g/mol. The molecule has 11 heteroatoms. The zero-order valence-corrected chi connectivity index (χ0v) is 21.5. The molecule has 3 aromatic rings. The van der Waals surface area contributed by atoms with Crippen LogP contribution in [0.25, 0.3) is 11.1 Å². The fraction of sp³-hybridized carbons (Fsp3) is 0.407. The normalized spacial score (nSPS) is 20.8. The van der Waals surface area contributed by atoms with Gasteiger partial charge in [0.2, 0.25) is 0 Å². The molecule has 1 aliphatic carbocycles. The van der Waals surface area contributed by atoms with Gasteiger partial charge >= 0.3 is 6.18 Å². The molecule has 7 nitrogen and oxygen atoms in total. The summed E-state index contributed by atoms with van der Waals surface area (Å²) >= 11 is 0. The zero-order chi connectivity index (χ0) is 26.8. The Labute approximate surface area is 220 Å². The van der Waals surface area contributed by atoms with Crippen LogP contribution in [0.3, 0.4) is 0 Å². The zero-order valence-electron chi connectivity index (χ0n) is 20.7. The summed E-state index contributed by atoms with van der Waals surface area (Å²) in [5.74, 6) is 1.23. The molecule has 1 N–H and O–H groups in total. The number of pyridine rings is 2. The van der Waals surface area contributed by atoms with Gasteiger partial charge in [-0.2, -0.15) is 13.2 Å². The van der Waals surface area contributed by atoms with Crippen molar-refractivity contribution in [2.24, 2.45) is 0 Å². The molecule has 1 saturated heterocycles. The second-order valence-electron chi connectivity index (χ2n) is 9.62. The molecule has 0 amide bonds. The summed E-state index contributed by atoms with van der Waals surface area (Å²) in [7, 11) is -3.51. The van der Waals surface area contributed by atoms with Gasteiger partial charge in [-0.15, -0.1) is 0 Å². The van der Waals surface area contributed by atoms with Gasteiger partial charge in [0.25, 0.3) is 0 Å². The van der Waals surface area contributed by atoms with E-state index in [1.807, 2.05) is 24.3 Å². The number of alkyl halides is 3. The van der Waals surface area contributed by atoms with Crippen molar-refractivity contribution in [3.63, 3.8) is 0 Å². The van der Waals surface area contributed by atoms with Crippen LogP contribution in [0.5, 0.6) is 0 Å². The number of ether oxygens (including phenoxy) is 1. The van der Waals surface area contributed by atoms with E-state index in [0.717, 1.165) is 42.3 Å². The molecule has 5 rings (SSSR count). The number of benzene rings is 1. The molecule has 2 fully saturated rings. The van der Waals surface area contributed by atoms with Gasteiger partial charge in [-0.1, -0.05) is 12.1 Å². The number of hydrogen-bond donors (Lipinski definition) is 1. The maximum Gasteiger partial charge on any atom is 0.417 e. The Balaban J connectivity index is 1.20. The lowest BCUT2D eigenvalue weighted by atomic mass is 9.95. The Morgan fingerprint density at radius 3 is 2.24 bits per heavy atom. The summed E-state index contributed by atoms with van der Waals surface area (Å²) in [6.07, 6.45) is 0.249. The molecule has 3 heterocycles. The van der Waals surface area contributed by atoms with E-state index in [0.29, 0.717) is 49.6 Å². The molecular formula is C27H29F3N4O3S. The number of sulfone groups is 1. The highest BCUT2D eigenvalue weighted by Crippen LogP contribution is 2.33. The van der Waals surface area contributed by atoms with Crippen LogP contribution in [0.1, 0.15) is 31.2 Å². The van der Waals surface area contributed by atoms with Gasteiger partial charge in [0, 0.05) is 31.5 Å². The van der Waals surface area contributed by atoms with Gasteiger partial charge < -0.3 is 15.0 Å². The predicted octanol–water partition coefficient (Wildman–Crippen LogP) is 5.20. The average Bonchev–Trinajstić information content (AvgIpc) is 2.94. The van der Waals surface area contributed by atoms with Crippen LogP contribution in [0.2, 0.25) is 0 Å².